The number of halogens is 1. The van der Waals surface area contributed by atoms with Crippen LogP contribution < -0.4 is 11.1 Å². The van der Waals surface area contributed by atoms with Crippen LogP contribution in [0.5, 0.6) is 0 Å². The van der Waals surface area contributed by atoms with Gasteiger partial charge in [0.15, 0.2) is 0 Å². The molecule has 0 saturated heterocycles. The molecule has 0 aromatic rings. The van der Waals surface area contributed by atoms with Crippen LogP contribution in [0.2, 0.25) is 0 Å². The lowest BCUT2D eigenvalue weighted by atomic mass is 10.0. The lowest BCUT2D eigenvalue weighted by Crippen LogP contribution is -2.40. The average Bonchev–Trinajstić information content (AvgIpc) is 2.65. The fourth-order valence-electron chi connectivity index (χ4n) is 2.07. The predicted molar refractivity (Wildman–Crippen MR) is 73.2 cm³/mol. The molecule has 1 aliphatic rings. The quantitative estimate of drug-likeness (QED) is 0.721. The van der Waals surface area contributed by atoms with Crippen molar-refractivity contribution in [3.05, 3.63) is 0 Å². The molecular formula is C11H23ClN2OS. The standard InChI is InChI=1S/C11H22N2OS.ClH/c1-2-6-15-8-11(14)13-10-5-3-4-9(10)7-12;/h9-10H,2-8,12H2,1H3,(H,13,14);1H. The summed E-state index contributed by atoms with van der Waals surface area (Å²) in [5.74, 6) is 2.35. The number of nitrogens with one attached hydrogen (secondary N) is 1. The van der Waals surface area contributed by atoms with Crippen molar-refractivity contribution in [3.63, 3.8) is 0 Å². The molecule has 0 radical (unpaired) electrons. The van der Waals surface area contributed by atoms with Crippen LogP contribution in [0.1, 0.15) is 32.6 Å². The van der Waals surface area contributed by atoms with Crippen molar-refractivity contribution >= 4 is 30.1 Å². The van der Waals surface area contributed by atoms with Crippen molar-refractivity contribution in [3.8, 4) is 0 Å². The second kappa shape index (κ2) is 9.14. The molecule has 0 aromatic carbocycles. The fourth-order valence-corrected chi connectivity index (χ4v) is 2.77. The summed E-state index contributed by atoms with van der Waals surface area (Å²) in [6.45, 7) is 2.83. The van der Waals surface area contributed by atoms with Crippen molar-refractivity contribution in [1.29, 1.82) is 0 Å². The summed E-state index contributed by atoms with van der Waals surface area (Å²) in [6.07, 6.45) is 4.61. The first kappa shape index (κ1) is 16.1. The van der Waals surface area contributed by atoms with E-state index in [1.807, 2.05) is 0 Å². The van der Waals surface area contributed by atoms with Crippen molar-refractivity contribution in [2.45, 2.75) is 38.6 Å². The minimum atomic E-state index is 0. The third-order valence-corrected chi connectivity index (χ3v) is 4.05. The number of carbonyl (C=O) groups excluding carboxylic acids is 1. The highest BCUT2D eigenvalue weighted by Gasteiger charge is 2.26. The van der Waals surface area contributed by atoms with Crippen LogP contribution in [0.15, 0.2) is 0 Å². The van der Waals surface area contributed by atoms with Crippen LogP contribution in [0.4, 0.5) is 0 Å². The number of hydrogen-bond donors (Lipinski definition) is 2. The van der Waals surface area contributed by atoms with Crippen LogP contribution in [0, 0.1) is 5.92 Å². The molecule has 96 valence electrons. The Hall–Kier alpha value is 0.0700. The molecule has 0 aliphatic heterocycles. The smallest absolute Gasteiger partial charge is 0.230 e. The maximum atomic E-state index is 11.6. The molecule has 16 heavy (non-hydrogen) atoms. The van der Waals surface area contributed by atoms with Gasteiger partial charge in [0.05, 0.1) is 5.75 Å². The molecule has 0 heterocycles. The predicted octanol–water partition coefficient (Wildman–Crippen LogP) is 1.79. The second-order valence-corrected chi connectivity index (χ2v) is 5.26. The highest BCUT2D eigenvalue weighted by atomic mass is 35.5. The van der Waals surface area contributed by atoms with Crippen LogP contribution in [0.3, 0.4) is 0 Å². The zero-order chi connectivity index (χ0) is 11.1. The molecule has 2 atom stereocenters. The van der Waals surface area contributed by atoms with Gasteiger partial charge in [0.25, 0.3) is 0 Å². The fraction of sp³-hybridized carbons (Fsp3) is 0.909. The van der Waals surface area contributed by atoms with Gasteiger partial charge < -0.3 is 11.1 Å². The van der Waals surface area contributed by atoms with Gasteiger partial charge in [-0.2, -0.15) is 11.8 Å². The van der Waals surface area contributed by atoms with Gasteiger partial charge in [0.2, 0.25) is 5.91 Å². The largest absolute Gasteiger partial charge is 0.352 e. The van der Waals surface area contributed by atoms with E-state index in [1.165, 1.54) is 12.8 Å². The van der Waals surface area contributed by atoms with Crippen molar-refractivity contribution < 1.29 is 4.79 Å². The number of amides is 1. The molecular weight excluding hydrogens is 244 g/mol. The number of hydrogen-bond acceptors (Lipinski definition) is 3. The van der Waals surface area contributed by atoms with E-state index >= 15 is 0 Å². The lowest BCUT2D eigenvalue weighted by molar-refractivity contribution is -0.119. The summed E-state index contributed by atoms with van der Waals surface area (Å²) in [7, 11) is 0. The summed E-state index contributed by atoms with van der Waals surface area (Å²) in [5, 5.41) is 3.10. The van der Waals surface area contributed by atoms with E-state index in [9.17, 15) is 4.79 Å². The average molecular weight is 267 g/mol. The first-order valence-corrected chi connectivity index (χ1v) is 7.00. The normalized spacial score (nSPS) is 23.9. The zero-order valence-electron chi connectivity index (χ0n) is 9.91. The Morgan fingerprint density at radius 3 is 2.88 bits per heavy atom. The highest BCUT2D eigenvalue weighted by Crippen LogP contribution is 2.24. The molecule has 1 amide bonds. The van der Waals surface area contributed by atoms with Gasteiger partial charge in [-0.25, -0.2) is 0 Å². The van der Waals surface area contributed by atoms with Crippen molar-refractivity contribution in [2.24, 2.45) is 11.7 Å². The molecule has 0 spiro atoms. The van der Waals surface area contributed by atoms with Gasteiger partial charge in [0, 0.05) is 6.04 Å². The van der Waals surface area contributed by atoms with E-state index in [0.717, 1.165) is 18.6 Å². The number of rotatable bonds is 6. The van der Waals surface area contributed by atoms with E-state index in [-0.39, 0.29) is 18.3 Å². The minimum Gasteiger partial charge on any atom is -0.352 e. The van der Waals surface area contributed by atoms with E-state index in [2.05, 4.69) is 12.2 Å². The van der Waals surface area contributed by atoms with E-state index in [0.29, 0.717) is 24.3 Å². The molecule has 1 saturated carbocycles. The Balaban J connectivity index is 0.00000225. The zero-order valence-corrected chi connectivity index (χ0v) is 11.5. The highest BCUT2D eigenvalue weighted by molar-refractivity contribution is 7.99. The third-order valence-electron chi connectivity index (χ3n) is 2.89. The SMILES string of the molecule is CCCSCC(=O)NC1CCCC1CN.Cl. The van der Waals surface area contributed by atoms with Gasteiger partial charge in [-0.15, -0.1) is 12.4 Å². The summed E-state index contributed by atoms with van der Waals surface area (Å²) in [5.41, 5.74) is 5.67. The van der Waals surface area contributed by atoms with E-state index in [4.69, 9.17) is 5.73 Å². The Labute approximate surface area is 109 Å². The molecule has 0 aromatic heterocycles. The number of thioether (sulfide) groups is 1. The minimum absolute atomic E-state index is 0. The summed E-state index contributed by atoms with van der Waals surface area (Å²) >= 11 is 1.71. The van der Waals surface area contributed by atoms with Gasteiger partial charge in [-0.05, 0) is 37.5 Å². The topological polar surface area (TPSA) is 55.1 Å². The third kappa shape index (κ3) is 5.41. The molecule has 3 N–H and O–H groups in total. The number of nitrogens with two attached hydrogens (primary N) is 1. The molecule has 0 bridgehead atoms. The molecule has 1 aliphatic carbocycles. The van der Waals surface area contributed by atoms with Crippen molar-refractivity contribution in [2.75, 3.05) is 18.1 Å². The molecule has 1 fully saturated rings. The van der Waals surface area contributed by atoms with Crippen LogP contribution in [0.25, 0.3) is 0 Å². The van der Waals surface area contributed by atoms with Gasteiger partial charge in [-0.1, -0.05) is 13.3 Å². The van der Waals surface area contributed by atoms with Gasteiger partial charge >= 0.3 is 0 Å². The first-order valence-electron chi connectivity index (χ1n) is 5.85. The van der Waals surface area contributed by atoms with Crippen molar-refractivity contribution in [1.82, 2.24) is 5.32 Å². The van der Waals surface area contributed by atoms with Gasteiger partial charge in [0.1, 0.15) is 0 Å². The Morgan fingerprint density at radius 2 is 2.25 bits per heavy atom. The Kier molecular flexibility index (Phi) is 9.18. The molecule has 5 heteroatoms. The second-order valence-electron chi connectivity index (χ2n) is 4.15. The van der Waals surface area contributed by atoms with Crippen LogP contribution in [-0.4, -0.2) is 30.0 Å². The van der Waals surface area contributed by atoms with Crippen LogP contribution >= 0.6 is 24.2 Å². The van der Waals surface area contributed by atoms with E-state index < -0.39 is 0 Å². The maximum absolute atomic E-state index is 11.6. The Bertz CT molecular complexity index is 204. The Morgan fingerprint density at radius 1 is 1.50 bits per heavy atom. The first-order chi connectivity index (χ1) is 7.27. The monoisotopic (exact) mass is 266 g/mol. The van der Waals surface area contributed by atoms with E-state index in [1.54, 1.807) is 11.8 Å². The van der Waals surface area contributed by atoms with Gasteiger partial charge in [-0.3, -0.25) is 4.79 Å². The molecule has 3 nitrogen and oxygen atoms in total. The summed E-state index contributed by atoms with van der Waals surface area (Å²) in [4.78, 5) is 11.6. The molecule has 1 rings (SSSR count). The van der Waals surface area contributed by atoms with Crippen LogP contribution in [-0.2, 0) is 4.79 Å². The summed E-state index contributed by atoms with van der Waals surface area (Å²) in [6, 6.07) is 0.338. The number of carbonyl (C=O) groups is 1. The molecule has 2 unspecified atom stereocenters. The maximum Gasteiger partial charge on any atom is 0.230 e. The lowest BCUT2D eigenvalue weighted by Gasteiger charge is -2.19. The summed E-state index contributed by atoms with van der Waals surface area (Å²) < 4.78 is 0.